The first kappa shape index (κ1) is 10.3. The number of H-pyrrole nitrogens is 1. The van der Waals surface area contributed by atoms with Gasteiger partial charge in [-0.1, -0.05) is 30.3 Å². The smallest absolute Gasteiger partial charge is 0.273 e. The second-order valence-electron chi connectivity index (χ2n) is 3.80. The van der Waals surface area contributed by atoms with E-state index in [4.69, 9.17) is 5.26 Å². The zero-order valence-corrected chi connectivity index (χ0v) is 9.29. The summed E-state index contributed by atoms with van der Waals surface area (Å²) < 4.78 is 1.25. The van der Waals surface area contributed by atoms with Crippen molar-refractivity contribution in [3.8, 4) is 17.3 Å². The summed E-state index contributed by atoms with van der Waals surface area (Å²) in [4.78, 5) is 16.2. The van der Waals surface area contributed by atoms with Gasteiger partial charge >= 0.3 is 0 Å². The molecular formula is C13H8N4O. The number of fused-ring (bicyclic) bond motifs is 1. The van der Waals surface area contributed by atoms with E-state index in [9.17, 15) is 4.79 Å². The van der Waals surface area contributed by atoms with Crippen LogP contribution in [0, 0.1) is 11.3 Å². The Morgan fingerprint density at radius 3 is 2.78 bits per heavy atom. The van der Waals surface area contributed by atoms with Crippen LogP contribution < -0.4 is 5.56 Å². The van der Waals surface area contributed by atoms with E-state index in [0.717, 1.165) is 5.56 Å². The van der Waals surface area contributed by atoms with Crippen molar-refractivity contribution in [1.82, 2.24) is 14.6 Å². The van der Waals surface area contributed by atoms with Gasteiger partial charge in [0.25, 0.3) is 5.56 Å². The first-order valence-electron chi connectivity index (χ1n) is 5.36. The van der Waals surface area contributed by atoms with Crippen LogP contribution >= 0.6 is 0 Å². The van der Waals surface area contributed by atoms with E-state index in [2.05, 4.69) is 10.1 Å². The minimum atomic E-state index is -0.236. The SMILES string of the molecule is N#Cc1c[nH]n2c(=O)cc(-c3ccccc3)nc12. The molecule has 3 aromatic rings. The monoisotopic (exact) mass is 236 g/mol. The normalized spacial score (nSPS) is 10.4. The Morgan fingerprint density at radius 2 is 2.06 bits per heavy atom. The van der Waals surface area contributed by atoms with Crippen LogP contribution in [0.5, 0.6) is 0 Å². The highest BCUT2D eigenvalue weighted by Crippen LogP contribution is 2.16. The third kappa shape index (κ3) is 1.48. The third-order valence-electron chi connectivity index (χ3n) is 2.69. The molecule has 2 heterocycles. The molecule has 0 saturated heterocycles. The first-order valence-corrected chi connectivity index (χ1v) is 5.36. The fraction of sp³-hybridized carbons (Fsp3) is 0. The van der Waals surface area contributed by atoms with Gasteiger partial charge in [0.15, 0.2) is 5.65 Å². The summed E-state index contributed by atoms with van der Waals surface area (Å²) in [6, 6.07) is 12.8. The van der Waals surface area contributed by atoms with Gasteiger partial charge in [0.05, 0.1) is 5.69 Å². The quantitative estimate of drug-likeness (QED) is 0.696. The lowest BCUT2D eigenvalue weighted by atomic mass is 10.1. The molecule has 3 rings (SSSR count). The Balaban J connectivity index is 2.34. The molecule has 86 valence electrons. The molecule has 0 radical (unpaired) electrons. The molecule has 0 aliphatic carbocycles. The second kappa shape index (κ2) is 3.86. The maximum Gasteiger partial charge on any atom is 0.273 e. The lowest BCUT2D eigenvalue weighted by Gasteiger charge is -2.00. The van der Waals surface area contributed by atoms with E-state index in [-0.39, 0.29) is 5.56 Å². The van der Waals surface area contributed by atoms with Gasteiger partial charge in [-0.2, -0.15) is 5.26 Å². The summed E-state index contributed by atoms with van der Waals surface area (Å²) in [6.45, 7) is 0. The number of benzene rings is 1. The van der Waals surface area contributed by atoms with Crippen LogP contribution in [0.3, 0.4) is 0 Å². The molecule has 1 N–H and O–H groups in total. The van der Waals surface area contributed by atoms with E-state index in [1.54, 1.807) is 0 Å². The van der Waals surface area contributed by atoms with Crippen LogP contribution in [0.2, 0.25) is 0 Å². The summed E-state index contributed by atoms with van der Waals surface area (Å²) >= 11 is 0. The molecule has 0 bridgehead atoms. The average Bonchev–Trinajstić information content (AvgIpc) is 2.83. The van der Waals surface area contributed by atoms with Crippen LogP contribution in [-0.2, 0) is 0 Å². The van der Waals surface area contributed by atoms with E-state index < -0.39 is 0 Å². The van der Waals surface area contributed by atoms with Crippen molar-refractivity contribution in [3.63, 3.8) is 0 Å². The fourth-order valence-corrected chi connectivity index (χ4v) is 1.82. The summed E-state index contributed by atoms with van der Waals surface area (Å²) in [6.07, 6.45) is 1.47. The molecule has 1 aromatic carbocycles. The van der Waals surface area contributed by atoms with E-state index in [1.165, 1.54) is 16.8 Å². The Hall–Kier alpha value is -2.87. The maximum absolute atomic E-state index is 11.9. The molecule has 5 nitrogen and oxygen atoms in total. The molecule has 5 heteroatoms. The number of nitrogens with one attached hydrogen (secondary N) is 1. The van der Waals surface area contributed by atoms with Crippen molar-refractivity contribution in [3.05, 3.63) is 58.5 Å². The Morgan fingerprint density at radius 1 is 1.28 bits per heavy atom. The molecule has 18 heavy (non-hydrogen) atoms. The Kier molecular flexibility index (Phi) is 2.21. The summed E-state index contributed by atoms with van der Waals surface area (Å²) in [5.41, 5.74) is 1.88. The van der Waals surface area contributed by atoms with Crippen molar-refractivity contribution in [2.75, 3.05) is 0 Å². The van der Waals surface area contributed by atoms with Gasteiger partial charge in [0, 0.05) is 17.8 Å². The van der Waals surface area contributed by atoms with Crippen LogP contribution in [0.15, 0.2) is 47.4 Å². The standard InChI is InChI=1S/C13H8N4O/c14-7-10-8-15-17-12(18)6-11(16-13(10)17)9-4-2-1-3-5-9/h1-6,8,15H. The van der Waals surface area contributed by atoms with Gasteiger partial charge < -0.3 is 0 Å². The van der Waals surface area contributed by atoms with Gasteiger partial charge in [-0.3, -0.25) is 9.89 Å². The highest BCUT2D eigenvalue weighted by molar-refractivity contribution is 5.64. The molecular weight excluding hydrogens is 228 g/mol. The third-order valence-corrected chi connectivity index (χ3v) is 2.69. The molecule has 0 amide bonds. The number of rotatable bonds is 1. The fourth-order valence-electron chi connectivity index (χ4n) is 1.82. The zero-order valence-electron chi connectivity index (χ0n) is 9.29. The Labute approximate surface area is 102 Å². The van der Waals surface area contributed by atoms with Gasteiger partial charge in [0.1, 0.15) is 11.6 Å². The van der Waals surface area contributed by atoms with Gasteiger partial charge in [-0.25, -0.2) is 9.50 Å². The number of aromatic amines is 1. The van der Waals surface area contributed by atoms with Gasteiger partial charge in [-0.05, 0) is 0 Å². The topological polar surface area (TPSA) is 73.9 Å². The van der Waals surface area contributed by atoms with Crippen molar-refractivity contribution in [1.29, 1.82) is 5.26 Å². The summed E-state index contributed by atoms with van der Waals surface area (Å²) in [7, 11) is 0. The number of nitrogens with zero attached hydrogens (tertiary/aromatic N) is 3. The zero-order chi connectivity index (χ0) is 12.5. The highest BCUT2D eigenvalue weighted by Gasteiger charge is 2.09. The minimum Gasteiger partial charge on any atom is -0.295 e. The van der Waals surface area contributed by atoms with E-state index >= 15 is 0 Å². The number of nitriles is 1. The lowest BCUT2D eigenvalue weighted by Crippen LogP contribution is -2.14. The number of hydrogen-bond acceptors (Lipinski definition) is 3. The predicted molar refractivity (Wildman–Crippen MR) is 66.0 cm³/mol. The molecule has 0 unspecified atom stereocenters. The van der Waals surface area contributed by atoms with Gasteiger partial charge in [-0.15, -0.1) is 0 Å². The lowest BCUT2D eigenvalue weighted by molar-refractivity contribution is 0.901. The first-order chi connectivity index (χ1) is 8.79. The van der Waals surface area contributed by atoms with Crippen molar-refractivity contribution >= 4 is 5.65 Å². The number of hydrogen-bond donors (Lipinski definition) is 1. The minimum absolute atomic E-state index is 0.236. The second-order valence-corrected chi connectivity index (χ2v) is 3.80. The molecule has 0 fully saturated rings. The van der Waals surface area contributed by atoms with Crippen molar-refractivity contribution < 1.29 is 0 Å². The van der Waals surface area contributed by atoms with Crippen molar-refractivity contribution in [2.45, 2.75) is 0 Å². The van der Waals surface area contributed by atoms with Crippen LogP contribution in [0.4, 0.5) is 0 Å². The van der Waals surface area contributed by atoms with Crippen LogP contribution in [-0.4, -0.2) is 14.6 Å². The van der Waals surface area contributed by atoms with Crippen LogP contribution in [0.1, 0.15) is 5.56 Å². The highest BCUT2D eigenvalue weighted by atomic mass is 16.1. The van der Waals surface area contributed by atoms with Gasteiger partial charge in [0.2, 0.25) is 0 Å². The predicted octanol–water partition coefficient (Wildman–Crippen LogP) is 1.56. The van der Waals surface area contributed by atoms with E-state index in [1.807, 2.05) is 36.4 Å². The van der Waals surface area contributed by atoms with Crippen LogP contribution in [0.25, 0.3) is 16.9 Å². The molecule has 0 atom stereocenters. The molecule has 0 spiro atoms. The van der Waals surface area contributed by atoms with E-state index in [0.29, 0.717) is 16.9 Å². The molecule has 0 aliphatic rings. The van der Waals surface area contributed by atoms with Crippen molar-refractivity contribution in [2.24, 2.45) is 0 Å². The average molecular weight is 236 g/mol. The molecule has 0 aliphatic heterocycles. The summed E-state index contributed by atoms with van der Waals surface area (Å²) in [5.74, 6) is 0. The Bertz CT molecular complexity index is 808. The molecule has 0 saturated carbocycles. The largest absolute Gasteiger partial charge is 0.295 e. The number of aromatic nitrogens is 3. The maximum atomic E-state index is 11.9. The summed E-state index contributed by atoms with van der Waals surface area (Å²) in [5, 5.41) is 11.7. The molecule has 2 aromatic heterocycles.